The van der Waals surface area contributed by atoms with Crippen LogP contribution < -0.4 is 17.0 Å². The molecule has 0 atom stereocenters. The Morgan fingerprint density at radius 3 is 2.43 bits per heavy atom. The van der Waals surface area contributed by atoms with E-state index in [0.717, 1.165) is 12.3 Å². The first kappa shape index (κ1) is 5.97. The molecule has 1 amide bonds. The van der Waals surface area contributed by atoms with E-state index in [9.17, 15) is 4.79 Å². The van der Waals surface area contributed by atoms with Crippen LogP contribution in [0.2, 0.25) is 0 Å². The highest BCUT2D eigenvalue weighted by molar-refractivity contribution is 5.86. The zero-order chi connectivity index (χ0) is 5.70. The van der Waals surface area contributed by atoms with Gasteiger partial charge in [-0.15, -0.1) is 0 Å². The van der Waals surface area contributed by atoms with Gasteiger partial charge in [0.15, 0.2) is 0 Å². The first-order valence-electron chi connectivity index (χ1n) is 1.70. The largest absolute Gasteiger partial charge is 0.404 e. The number of nitrogens with one attached hydrogen (secondary N) is 1. The highest BCUT2D eigenvalue weighted by atomic mass is 16.2. The summed E-state index contributed by atoms with van der Waals surface area (Å²) in [4.78, 5) is 10.0. The molecule has 5 N–H and O–H groups in total. The molecule has 0 rings (SSSR count). The minimum absolute atomic E-state index is 0.400. The van der Waals surface area contributed by atoms with Crippen LogP contribution in [-0.4, -0.2) is 5.91 Å². The van der Waals surface area contributed by atoms with Crippen LogP contribution in [0.25, 0.3) is 0 Å². The van der Waals surface area contributed by atoms with Crippen LogP contribution in [0.5, 0.6) is 0 Å². The minimum Gasteiger partial charge on any atom is -0.404 e. The second-order valence-electron chi connectivity index (χ2n) is 0.868. The first-order chi connectivity index (χ1) is 3.31. The van der Waals surface area contributed by atoms with Crippen molar-refractivity contribution in [3.8, 4) is 0 Å². The van der Waals surface area contributed by atoms with E-state index in [0.29, 0.717) is 0 Å². The monoisotopic (exact) mass is 101 g/mol. The molecule has 0 aliphatic rings. The highest BCUT2D eigenvalue weighted by Gasteiger charge is 1.82. The zero-order valence-corrected chi connectivity index (χ0v) is 3.72. The third kappa shape index (κ3) is 2.78. The molecule has 0 spiro atoms. The molecular weight excluding hydrogens is 94.1 g/mol. The molecule has 0 aromatic carbocycles. The predicted molar refractivity (Wildman–Crippen MR) is 25.7 cm³/mol. The van der Waals surface area contributed by atoms with E-state index < -0.39 is 5.91 Å². The standard InChI is InChI=1S/C3H7N3O/c4-2-1-3(7)6-5/h1-2H,4-5H2,(H,6,7)/b2-1+. The van der Waals surface area contributed by atoms with Crippen molar-refractivity contribution < 1.29 is 4.79 Å². The Morgan fingerprint density at radius 2 is 2.29 bits per heavy atom. The summed E-state index contributed by atoms with van der Waals surface area (Å²) in [5.41, 5.74) is 6.67. The summed E-state index contributed by atoms with van der Waals surface area (Å²) >= 11 is 0. The second kappa shape index (κ2) is 3.17. The molecule has 0 aliphatic carbocycles. The van der Waals surface area contributed by atoms with Gasteiger partial charge in [0.25, 0.3) is 5.91 Å². The van der Waals surface area contributed by atoms with E-state index in [1.807, 2.05) is 5.43 Å². The van der Waals surface area contributed by atoms with Crippen LogP contribution in [0.1, 0.15) is 0 Å². The molecule has 40 valence electrons. The molecule has 0 aromatic rings. The Balaban J connectivity index is 3.37. The molecule has 0 aliphatic heterocycles. The van der Waals surface area contributed by atoms with Gasteiger partial charge in [-0.1, -0.05) is 0 Å². The molecule has 0 saturated carbocycles. The molecule has 0 aromatic heterocycles. The summed E-state index contributed by atoms with van der Waals surface area (Å²) < 4.78 is 0. The predicted octanol–water partition coefficient (Wildman–Crippen LogP) is -1.55. The van der Waals surface area contributed by atoms with Gasteiger partial charge in [-0.25, -0.2) is 5.84 Å². The van der Waals surface area contributed by atoms with E-state index in [1.165, 1.54) is 0 Å². The zero-order valence-electron chi connectivity index (χ0n) is 3.72. The second-order valence-corrected chi connectivity index (χ2v) is 0.868. The van der Waals surface area contributed by atoms with E-state index in [2.05, 4.69) is 5.84 Å². The molecule has 0 saturated heterocycles. The third-order valence-corrected chi connectivity index (χ3v) is 0.390. The lowest BCUT2D eigenvalue weighted by molar-refractivity contribution is -0.116. The van der Waals surface area contributed by atoms with Gasteiger partial charge in [-0.05, 0) is 6.20 Å². The highest BCUT2D eigenvalue weighted by Crippen LogP contribution is 1.59. The Hall–Kier alpha value is -1.03. The van der Waals surface area contributed by atoms with Crippen LogP contribution in [0, 0.1) is 0 Å². The van der Waals surface area contributed by atoms with Crippen molar-refractivity contribution in [3.63, 3.8) is 0 Å². The number of carbonyl (C=O) groups is 1. The molecule has 4 heteroatoms. The summed E-state index contributed by atoms with van der Waals surface area (Å²) in [5, 5.41) is 0. The fourth-order valence-electron chi connectivity index (χ4n) is 0.136. The maximum Gasteiger partial charge on any atom is 0.259 e. The van der Waals surface area contributed by atoms with E-state index in [4.69, 9.17) is 5.73 Å². The van der Waals surface area contributed by atoms with Crippen molar-refractivity contribution in [2.45, 2.75) is 0 Å². The van der Waals surface area contributed by atoms with Gasteiger partial charge in [0, 0.05) is 6.08 Å². The lowest BCUT2D eigenvalue weighted by atomic mass is 10.6. The van der Waals surface area contributed by atoms with Crippen LogP contribution in [0.15, 0.2) is 12.3 Å². The number of carbonyl (C=O) groups excluding carboxylic acids is 1. The maximum atomic E-state index is 10.0. The lowest BCUT2D eigenvalue weighted by Gasteiger charge is -1.84. The van der Waals surface area contributed by atoms with Gasteiger partial charge in [0.1, 0.15) is 0 Å². The van der Waals surface area contributed by atoms with Crippen LogP contribution >= 0.6 is 0 Å². The van der Waals surface area contributed by atoms with E-state index in [-0.39, 0.29) is 0 Å². The molecule has 0 unspecified atom stereocenters. The molecule has 4 nitrogen and oxygen atoms in total. The summed E-state index contributed by atoms with van der Waals surface area (Å²) in [5.74, 6) is 4.25. The Morgan fingerprint density at radius 1 is 1.71 bits per heavy atom. The van der Waals surface area contributed by atoms with Gasteiger partial charge in [0.05, 0.1) is 0 Å². The van der Waals surface area contributed by atoms with Gasteiger partial charge >= 0.3 is 0 Å². The fourth-order valence-corrected chi connectivity index (χ4v) is 0.136. The summed E-state index contributed by atoms with van der Waals surface area (Å²) in [6.45, 7) is 0. The summed E-state index contributed by atoms with van der Waals surface area (Å²) in [7, 11) is 0. The number of hydrogen-bond acceptors (Lipinski definition) is 3. The van der Waals surface area contributed by atoms with Gasteiger partial charge in [-0.2, -0.15) is 0 Å². The van der Waals surface area contributed by atoms with Crippen molar-refractivity contribution in [2.24, 2.45) is 11.6 Å². The van der Waals surface area contributed by atoms with Gasteiger partial charge in [0.2, 0.25) is 0 Å². The summed E-state index contributed by atoms with van der Waals surface area (Å²) in [6, 6.07) is 0. The quantitative estimate of drug-likeness (QED) is 0.162. The van der Waals surface area contributed by atoms with Crippen molar-refractivity contribution in [1.29, 1.82) is 0 Å². The first-order valence-corrected chi connectivity index (χ1v) is 1.70. The third-order valence-electron chi connectivity index (χ3n) is 0.390. The smallest absolute Gasteiger partial charge is 0.259 e. The number of nitrogens with two attached hydrogens (primary N) is 2. The summed E-state index contributed by atoms with van der Waals surface area (Å²) in [6.07, 6.45) is 2.24. The van der Waals surface area contributed by atoms with Crippen LogP contribution in [0.4, 0.5) is 0 Å². The molecule has 0 radical (unpaired) electrons. The number of hydrogen-bond donors (Lipinski definition) is 3. The van der Waals surface area contributed by atoms with Crippen LogP contribution in [-0.2, 0) is 4.79 Å². The van der Waals surface area contributed by atoms with E-state index >= 15 is 0 Å². The minimum atomic E-state index is -0.400. The maximum absolute atomic E-state index is 10.0. The average molecular weight is 101 g/mol. The van der Waals surface area contributed by atoms with Gasteiger partial charge in [-0.3, -0.25) is 10.2 Å². The topological polar surface area (TPSA) is 81.1 Å². The average Bonchev–Trinajstić information content (AvgIpc) is 1.68. The number of amides is 1. The Kier molecular flexibility index (Phi) is 2.70. The number of hydrazine groups is 1. The SMILES string of the molecule is N/C=C/C(=O)NN. The van der Waals surface area contributed by atoms with Crippen molar-refractivity contribution in [1.82, 2.24) is 5.43 Å². The molecular formula is C3H7N3O. The lowest BCUT2D eigenvalue weighted by Crippen LogP contribution is -2.28. The Labute approximate surface area is 41.1 Å². The van der Waals surface area contributed by atoms with Gasteiger partial charge < -0.3 is 5.73 Å². The number of rotatable bonds is 1. The van der Waals surface area contributed by atoms with Crippen molar-refractivity contribution in [3.05, 3.63) is 12.3 Å². The Bertz CT molecular complexity index is 88.2. The van der Waals surface area contributed by atoms with Crippen LogP contribution in [0.3, 0.4) is 0 Å². The van der Waals surface area contributed by atoms with Crippen molar-refractivity contribution >= 4 is 5.91 Å². The molecule has 7 heavy (non-hydrogen) atoms. The fraction of sp³-hybridized carbons (Fsp3) is 0. The van der Waals surface area contributed by atoms with Crippen molar-refractivity contribution in [2.75, 3.05) is 0 Å². The van der Waals surface area contributed by atoms with E-state index in [1.54, 1.807) is 0 Å². The molecule has 0 heterocycles. The molecule has 0 fully saturated rings. The molecule has 0 bridgehead atoms. The normalized spacial score (nSPS) is 9.29.